The first-order valence-electron chi connectivity index (χ1n) is 3.14. The summed E-state index contributed by atoms with van der Waals surface area (Å²) in [5.74, 6) is 0.564. The van der Waals surface area contributed by atoms with E-state index in [2.05, 4.69) is 35.9 Å². The van der Waals surface area contributed by atoms with Crippen LogP contribution in [-0.2, 0) is 4.79 Å². The van der Waals surface area contributed by atoms with Crippen molar-refractivity contribution in [3.8, 4) is 0 Å². The number of carbonyl (C=O) groups excluding carboxylic acids is 1. The third kappa shape index (κ3) is 0.953. The van der Waals surface area contributed by atoms with Crippen LogP contribution < -0.4 is 0 Å². The second-order valence-corrected chi connectivity index (χ2v) is 3.43. The lowest BCUT2D eigenvalue weighted by Crippen LogP contribution is -2.32. The maximum atomic E-state index is 10.3. The first-order chi connectivity index (χ1) is 5.74. The normalized spacial score (nSPS) is 31.1. The van der Waals surface area contributed by atoms with Gasteiger partial charge in [-0.05, 0) is 15.9 Å². The number of halogens is 1. The van der Waals surface area contributed by atoms with Crippen molar-refractivity contribution >= 4 is 46.4 Å². The quantitative estimate of drug-likeness (QED) is 0.358. The van der Waals surface area contributed by atoms with Gasteiger partial charge < -0.3 is 0 Å². The first-order valence-corrected chi connectivity index (χ1v) is 3.94. The molecule has 0 aromatic carbocycles. The van der Waals surface area contributed by atoms with Crippen LogP contribution in [0.3, 0.4) is 0 Å². The highest BCUT2D eigenvalue weighted by molar-refractivity contribution is 9.10. The Bertz CT molecular complexity index is 357. The van der Waals surface area contributed by atoms with E-state index in [1.807, 2.05) is 0 Å². The van der Waals surface area contributed by atoms with E-state index in [4.69, 9.17) is 0 Å². The van der Waals surface area contributed by atoms with Gasteiger partial charge in [0.1, 0.15) is 6.34 Å². The molecule has 0 saturated heterocycles. The van der Waals surface area contributed by atoms with E-state index in [0.29, 0.717) is 12.1 Å². The summed E-state index contributed by atoms with van der Waals surface area (Å²) in [4.78, 5) is 25.8. The average Bonchev–Trinajstić information content (AvgIpc) is 2.45. The summed E-state index contributed by atoms with van der Waals surface area (Å²) in [6, 6.07) is 0. The van der Waals surface area contributed by atoms with Crippen molar-refractivity contribution in [2.75, 3.05) is 0 Å². The molecule has 2 aliphatic heterocycles. The van der Waals surface area contributed by atoms with E-state index in [9.17, 15) is 4.79 Å². The fourth-order valence-corrected chi connectivity index (χ4v) is 1.24. The zero-order valence-corrected chi connectivity index (χ0v) is 7.39. The highest BCUT2D eigenvalue weighted by atomic mass is 79.9. The predicted octanol–water partition coefficient (Wildman–Crippen LogP) is 0.200. The highest BCUT2D eigenvalue weighted by Crippen LogP contribution is 2.26. The fourth-order valence-electron chi connectivity index (χ4n) is 0.860. The van der Waals surface area contributed by atoms with E-state index in [-0.39, 0.29) is 5.84 Å². The van der Waals surface area contributed by atoms with Crippen molar-refractivity contribution in [3.63, 3.8) is 0 Å². The van der Waals surface area contributed by atoms with Crippen LogP contribution in [0, 0.1) is 0 Å². The molecule has 12 heavy (non-hydrogen) atoms. The smallest absolute Gasteiger partial charge is 0.211 e. The van der Waals surface area contributed by atoms with Gasteiger partial charge in [-0.25, -0.2) is 20.0 Å². The van der Waals surface area contributed by atoms with Crippen LogP contribution >= 0.6 is 15.9 Å². The van der Waals surface area contributed by atoms with Crippen LogP contribution in [0.15, 0.2) is 20.0 Å². The number of nitrogens with zero attached hydrogens (tertiary/aromatic N) is 4. The fraction of sp³-hybridized carbons (Fsp3) is 0.167. The molecule has 0 radical (unpaired) electrons. The monoisotopic (exact) mass is 226 g/mol. The van der Waals surface area contributed by atoms with Crippen molar-refractivity contribution in [2.45, 2.75) is 4.45 Å². The third-order valence-electron chi connectivity index (χ3n) is 1.43. The molecule has 0 aromatic heterocycles. The zero-order valence-electron chi connectivity index (χ0n) is 5.81. The Labute approximate surface area is 76.2 Å². The molecule has 0 bridgehead atoms. The van der Waals surface area contributed by atoms with Crippen molar-refractivity contribution in [1.29, 1.82) is 0 Å². The Kier molecular flexibility index (Phi) is 1.50. The zero-order chi connectivity index (χ0) is 8.60. The minimum atomic E-state index is -0.737. The van der Waals surface area contributed by atoms with Gasteiger partial charge in [-0.15, -0.1) is 0 Å². The molecule has 1 unspecified atom stereocenters. The minimum absolute atomic E-state index is 0.120. The minimum Gasteiger partial charge on any atom is -0.294 e. The summed E-state index contributed by atoms with van der Waals surface area (Å²) >= 11 is 3.28. The highest BCUT2D eigenvalue weighted by Gasteiger charge is 2.35. The number of carbonyl (C=O) groups is 1. The Hall–Kier alpha value is -1.17. The SMILES string of the molecule is O=CC1=NC2=NC=NC2(Br)C=N1. The lowest BCUT2D eigenvalue weighted by atomic mass is 10.3. The van der Waals surface area contributed by atoms with Crippen LogP contribution in [0.25, 0.3) is 0 Å². The van der Waals surface area contributed by atoms with Gasteiger partial charge in [-0.2, -0.15) is 0 Å². The molecule has 0 aromatic rings. The molecule has 0 spiro atoms. The number of amidine groups is 2. The van der Waals surface area contributed by atoms with Gasteiger partial charge in [0, 0.05) is 0 Å². The second-order valence-electron chi connectivity index (χ2n) is 2.22. The summed E-state index contributed by atoms with van der Waals surface area (Å²) in [5.41, 5.74) is 0. The van der Waals surface area contributed by atoms with Crippen molar-refractivity contribution in [1.82, 2.24) is 0 Å². The number of aldehydes is 1. The summed E-state index contributed by atoms with van der Waals surface area (Å²) in [5, 5.41) is 0. The summed E-state index contributed by atoms with van der Waals surface area (Å²) in [6.45, 7) is 0. The van der Waals surface area contributed by atoms with Gasteiger partial charge in [-0.1, -0.05) is 0 Å². The topological polar surface area (TPSA) is 66.5 Å². The van der Waals surface area contributed by atoms with E-state index < -0.39 is 4.45 Å². The first kappa shape index (κ1) is 7.48. The van der Waals surface area contributed by atoms with Gasteiger partial charge in [0.15, 0.2) is 18.0 Å². The maximum absolute atomic E-state index is 10.3. The van der Waals surface area contributed by atoms with E-state index in [0.717, 1.165) is 0 Å². The number of rotatable bonds is 1. The molecule has 0 fully saturated rings. The molecular formula is C6H3BrN4O. The van der Waals surface area contributed by atoms with Gasteiger partial charge >= 0.3 is 0 Å². The van der Waals surface area contributed by atoms with Crippen LogP contribution in [0.1, 0.15) is 0 Å². The standard InChI is InChI=1S/C6H3BrN4O/c7-6-2-8-4(1-12)11-5(6)9-3-10-6/h1-3H. The molecule has 60 valence electrons. The van der Waals surface area contributed by atoms with Crippen molar-refractivity contribution < 1.29 is 4.79 Å². The van der Waals surface area contributed by atoms with Crippen LogP contribution in [0.4, 0.5) is 0 Å². The molecule has 6 heteroatoms. The average molecular weight is 227 g/mol. The van der Waals surface area contributed by atoms with Gasteiger partial charge in [0.05, 0.1) is 6.21 Å². The lowest BCUT2D eigenvalue weighted by molar-refractivity contribution is -0.102. The number of aliphatic imine (C=N–C) groups is 4. The molecule has 1 atom stereocenters. The number of fused-ring (bicyclic) bond motifs is 1. The molecule has 2 heterocycles. The Morgan fingerprint density at radius 2 is 2.42 bits per heavy atom. The second kappa shape index (κ2) is 2.41. The van der Waals surface area contributed by atoms with Crippen molar-refractivity contribution in [2.24, 2.45) is 20.0 Å². The molecule has 2 aliphatic rings. The Morgan fingerprint density at radius 3 is 3.17 bits per heavy atom. The number of hydrogen-bond donors (Lipinski definition) is 0. The molecule has 2 rings (SSSR count). The molecule has 0 aliphatic carbocycles. The largest absolute Gasteiger partial charge is 0.294 e. The molecule has 0 saturated carbocycles. The number of alkyl halides is 1. The van der Waals surface area contributed by atoms with Crippen molar-refractivity contribution in [3.05, 3.63) is 0 Å². The molecular weight excluding hydrogens is 224 g/mol. The Balaban J connectivity index is 2.45. The van der Waals surface area contributed by atoms with Gasteiger partial charge in [-0.3, -0.25) is 4.79 Å². The predicted molar refractivity (Wildman–Crippen MR) is 49.6 cm³/mol. The molecule has 0 amide bonds. The molecule has 5 nitrogen and oxygen atoms in total. The molecule has 0 N–H and O–H groups in total. The summed E-state index contributed by atoms with van der Waals surface area (Å²) < 4.78 is -0.737. The van der Waals surface area contributed by atoms with E-state index in [1.54, 1.807) is 0 Å². The lowest BCUT2D eigenvalue weighted by Gasteiger charge is -2.15. The van der Waals surface area contributed by atoms with E-state index in [1.165, 1.54) is 12.6 Å². The summed E-state index contributed by atoms with van der Waals surface area (Å²) in [7, 11) is 0. The van der Waals surface area contributed by atoms with Crippen LogP contribution in [0.5, 0.6) is 0 Å². The van der Waals surface area contributed by atoms with Gasteiger partial charge in [0.2, 0.25) is 4.45 Å². The van der Waals surface area contributed by atoms with Gasteiger partial charge in [0.25, 0.3) is 0 Å². The van der Waals surface area contributed by atoms with Crippen LogP contribution in [-0.4, -0.2) is 35.0 Å². The maximum Gasteiger partial charge on any atom is 0.211 e. The number of hydrogen-bond acceptors (Lipinski definition) is 5. The van der Waals surface area contributed by atoms with Crippen LogP contribution in [0.2, 0.25) is 0 Å². The third-order valence-corrected chi connectivity index (χ3v) is 2.20. The van der Waals surface area contributed by atoms with E-state index >= 15 is 0 Å². The summed E-state index contributed by atoms with van der Waals surface area (Å²) in [6.07, 6.45) is 3.45. The Morgan fingerprint density at radius 1 is 1.58 bits per heavy atom.